The van der Waals surface area contributed by atoms with Crippen molar-refractivity contribution in [1.82, 2.24) is 15.2 Å². The molecule has 55 heavy (non-hydrogen) atoms. The fraction of sp³-hybridized carbons (Fsp3) is 0.783. The predicted molar refractivity (Wildman–Crippen MR) is 215 cm³/mol. The summed E-state index contributed by atoms with van der Waals surface area (Å²) < 4.78 is 6.19. The second-order valence-corrected chi connectivity index (χ2v) is 20.7. The fourth-order valence-corrected chi connectivity index (χ4v) is 13.6. The van der Waals surface area contributed by atoms with Crippen LogP contribution in [-0.4, -0.2) is 76.7 Å². The quantitative estimate of drug-likeness (QED) is 0.172. The van der Waals surface area contributed by atoms with Crippen molar-refractivity contribution in [2.75, 3.05) is 26.7 Å². The van der Waals surface area contributed by atoms with Gasteiger partial charge in [-0.2, -0.15) is 0 Å². The zero-order valence-corrected chi connectivity index (χ0v) is 35.6. The van der Waals surface area contributed by atoms with Gasteiger partial charge in [0.1, 0.15) is 6.10 Å². The van der Waals surface area contributed by atoms with Crippen molar-refractivity contribution < 1.29 is 29.3 Å². The zero-order valence-electron chi connectivity index (χ0n) is 35.6. The summed E-state index contributed by atoms with van der Waals surface area (Å²) in [5, 5.41) is 25.5. The van der Waals surface area contributed by atoms with Crippen molar-refractivity contribution in [2.45, 2.75) is 145 Å². The summed E-state index contributed by atoms with van der Waals surface area (Å²) in [6.45, 7) is 22.4. The topological polar surface area (TPSA) is 129 Å². The van der Waals surface area contributed by atoms with Gasteiger partial charge in [0.25, 0.3) is 0 Å². The molecule has 5 aliphatic rings. The number of aliphatic hydroxyl groups is 1. The molecule has 1 heterocycles. The maximum atomic E-state index is 14.2. The van der Waals surface area contributed by atoms with Gasteiger partial charge in [-0.1, -0.05) is 60.1 Å². The molecule has 4 fully saturated rings. The summed E-state index contributed by atoms with van der Waals surface area (Å²) in [7, 11) is 1.96. The first-order chi connectivity index (χ1) is 25.7. The van der Waals surface area contributed by atoms with Crippen molar-refractivity contribution in [3.05, 3.63) is 41.2 Å². The number of Topliss-reactive ketones (excluding diaryl/α,β-unsaturated/α-hetero) is 1. The first-order valence-electron chi connectivity index (χ1n) is 21.3. The monoisotopic (exact) mass is 762 g/mol. The third-order valence-electron chi connectivity index (χ3n) is 16.7. The lowest BCUT2D eigenvalue weighted by atomic mass is 9.33. The zero-order chi connectivity index (χ0) is 40.4. The van der Waals surface area contributed by atoms with Crippen LogP contribution in [0.4, 0.5) is 0 Å². The number of fused-ring (bicyclic) bond motifs is 7. The van der Waals surface area contributed by atoms with Crippen LogP contribution >= 0.6 is 0 Å². The number of carbonyl (C=O) groups excluding carboxylic acids is 2. The molecule has 9 nitrogen and oxygen atoms in total. The highest BCUT2D eigenvalue weighted by atomic mass is 16.5. The minimum Gasteiger partial charge on any atom is -0.481 e. The highest BCUT2D eigenvalue weighted by Crippen LogP contribution is 2.77. The Morgan fingerprint density at radius 3 is 2.36 bits per heavy atom. The summed E-state index contributed by atoms with van der Waals surface area (Å²) >= 11 is 0. The molecule has 6 rings (SSSR count). The van der Waals surface area contributed by atoms with E-state index in [1.807, 2.05) is 31.4 Å². The number of aliphatic carboxylic acids is 1. The second-order valence-electron chi connectivity index (χ2n) is 20.7. The highest BCUT2D eigenvalue weighted by molar-refractivity contribution is 6.00. The molecule has 0 bridgehead atoms. The number of rotatable bonds is 13. The van der Waals surface area contributed by atoms with E-state index in [9.17, 15) is 24.6 Å². The van der Waals surface area contributed by atoms with Crippen molar-refractivity contribution in [2.24, 2.45) is 56.2 Å². The Labute approximate surface area is 330 Å². The molecular weight excluding hydrogens is 691 g/mol. The number of aromatic nitrogens is 1. The van der Waals surface area contributed by atoms with E-state index < -0.39 is 28.9 Å². The Morgan fingerprint density at radius 2 is 1.73 bits per heavy atom. The van der Waals surface area contributed by atoms with Gasteiger partial charge in [0, 0.05) is 49.6 Å². The van der Waals surface area contributed by atoms with Gasteiger partial charge in [0.15, 0.2) is 5.78 Å². The van der Waals surface area contributed by atoms with Gasteiger partial charge in [-0.05, 0) is 130 Å². The van der Waals surface area contributed by atoms with Crippen LogP contribution in [0.1, 0.15) is 132 Å². The Bertz CT molecular complexity index is 1660. The van der Waals surface area contributed by atoms with E-state index in [2.05, 4.69) is 63.7 Å². The first kappa shape index (κ1) is 42.0. The lowest BCUT2D eigenvalue weighted by Gasteiger charge is -2.72. The van der Waals surface area contributed by atoms with Gasteiger partial charge in [0.2, 0.25) is 0 Å². The Kier molecular flexibility index (Phi) is 11.4. The van der Waals surface area contributed by atoms with Crippen LogP contribution < -0.4 is 5.32 Å². The average Bonchev–Trinajstić information content (AvgIpc) is 3.42. The molecule has 0 amide bonds. The molecule has 1 aromatic rings. The van der Waals surface area contributed by atoms with Gasteiger partial charge >= 0.3 is 11.9 Å². The Balaban J connectivity index is 1.28. The van der Waals surface area contributed by atoms with Crippen LogP contribution in [-0.2, 0) is 25.7 Å². The number of ether oxygens (including phenoxy) is 1. The fourth-order valence-electron chi connectivity index (χ4n) is 13.6. The van der Waals surface area contributed by atoms with E-state index >= 15 is 0 Å². The third-order valence-corrected chi connectivity index (χ3v) is 16.7. The molecule has 306 valence electrons. The number of carboxylic acids is 1. The lowest BCUT2D eigenvalue weighted by Crippen LogP contribution is -2.66. The van der Waals surface area contributed by atoms with Crippen LogP contribution in [0.5, 0.6) is 0 Å². The maximum absolute atomic E-state index is 14.2. The molecule has 0 aliphatic heterocycles. The molecule has 3 N–H and O–H groups in total. The normalized spacial score (nSPS) is 36.2. The van der Waals surface area contributed by atoms with E-state index in [4.69, 9.17) is 4.74 Å². The van der Waals surface area contributed by atoms with Gasteiger partial charge in [0.05, 0.1) is 23.6 Å². The van der Waals surface area contributed by atoms with Crippen molar-refractivity contribution in [1.29, 1.82) is 0 Å². The minimum atomic E-state index is -1.17. The number of ketones is 1. The first-order valence-corrected chi connectivity index (χ1v) is 21.3. The number of allylic oxidation sites excluding steroid dienone is 1. The number of hydrogen-bond donors (Lipinski definition) is 3. The van der Waals surface area contributed by atoms with Crippen LogP contribution in [0.25, 0.3) is 0 Å². The number of nitrogens with one attached hydrogen (secondary N) is 1. The van der Waals surface area contributed by atoms with Crippen molar-refractivity contribution in [3.63, 3.8) is 0 Å². The second kappa shape index (κ2) is 15.0. The smallest absolute Gasteiger partial charge is 0.309 e. The molecule has 4 saturated carbocycles. The number of nitrogens with zero attached hydrogens (tertiary/aromatic N) is 2. The van der Waals surface area contributed by atoms with Gasteiger partial charge in [-0.15, -0.1) is 0 Å². The number of likely N-dealkylation sites (N-methyl/N-ethyl adjacent to an activating group) is 1. The van der Waals surface area contributed by atoms with Gasteiger partial charge in [-0.3, -0.25) is 24.3 Å². The molecule has 0 spiro atoms. The molecule has 9 atom stereocenters. The van der Waals surface area contributed by atoms with Crippen LogP contribution in [0.2, 0.25) is 0 Å². The Morgan fingerprint density at radius 1 is 1.00 bits per heavy atom. The van der Waals surface area contributed by atoms with Crippen molar-refractivity contribution >= 4 is 17.7 Å². The molecule has 0 aromatic carbocycles. The summed E-state index contributed by atoms with van der Waals surface area (Å²) in [6.07, 6.45) is 8.98. The lowest BCUT2D eigenvalue weighted by molar-refractivity contribution is -0.235. The predicted octanol–water partition coefficient (Wildman–Crippen LogP) is 7.86. The number of esters is 1. The number of aliphatic hydroxyl groups excluding tert-OH is 1. The molecule has 0 radical (unpaired) electrons. The standard InChI is InChI=1S/C46H71N3O6/c1-29(2)38-32(50)25-46(35(51)28-49(24-23-47-10)27-30-13-11-12-22-48-30)21-20-44(8)31(39(38)46)14-15-34-43(7)18-17-36(55-37(52)26-41(3,4)40(53)54)42(5,6)33(43)16-19-45(34,44)9/h11-13,22,29,31,33-36,47,51H,14-21,23-28H2,1-10H3,(H,53,54)/t31-,33?,34-,35+,36+,43+,44-,45?,46+/m1/s1. The van der Waals surface area contributed by atoms with E-state index in [0.717, 1.165) is 75.7 Å². The van der Waals surface area contributed by atoms with E-state index in [1.165, 1.54) is 5.57 Å². The molecule has 9 heteroatoms. The summed E-state index contributed by atoms with van der Waals surface area (Å²) in [5.41, 5.74) is 1.39. The van der Waals surface area contributed by atoms with Gasteiger partial charge < -0.3 is 20.3 Å². The molecular formula is C46H71N3O6. The number of hydrogen-bond acceptors (Lipinski definition) is 8. The molecule has 0 saturated heterocycles. The number of carboxylic acid groups (broad SMARTS) is 1. The largest absolute Gasteiger partial charge is 0.481 e. The third kappa shape index (κ3) is 6.94. The van der Waals surface area contributed by atoms with Crippen LogP contribution in [0, 0.1) is 56.2 Å². The van der Waals surface area contributed by atoms with Gasteiger partial charge in [-0.25, -0.2) is 0 Å². The maximum Gasteiger partial charge on any atom is 0.309 e. The average molecular weight is 762 g/mol. The molecule has 1 aromatic heterocycles. The summed E-state index contributed by atoms with van der Waals surface area (Å²) in [5.74, 6) is 0.0207. The number of pyridine rings is 1. The SMILES string of the molecule is CNCCN(Cc1ccccn1)C[C@H](O)[C@@]12CC[C@]3(C)[C@H](CC[C@H]4C3(C)CCC3C(C)(C)[C@@H](OC(=O)CC(C)(C)C(=O)O)CC[C@@]34C)C1=C(C(C)C)C(=O)C2. The molecule has 5 aliphatic carbocycles. The van der Waals surface area contributed by atoms with Crippen LogP contribution in [0.15, 0.2) is 35.5 Å². The van der Waals surface area contributed by atoms with Crippen LogP contribution in [0.3, 0.4) is 0 Å². The molecule has 2 unspecified atom stereocenters. The summed E-state index contributed by atoms with van der Waals surface area (Å²) in [6, 6.07) is 5.99. The van der Waals surface area contributed by atoms with E-state index in [0.29, 0.717) is 31.3 Å². The number of carbonyl (C=O) groups is 3. The van der Waals surface area contributed by atoms with E-state index in [-0.39, 0.29) is 51.8 Å². The van der Waals surface area contributed by atoms with Crippen molar-refractivity contribution in [3.8, 4) is 0 Å². The highest BCUT2D eigenvalue weighted by Gasteiger charge is 2.71. The minimum absolute atomic E-state index is 0.0249. The van der Waals surface area contributed by atoms with E-state index in [1.54, 1.807) is 13.8 Å². The Hall–Kier alpha value is -2.62. The summed E-state index contributed by atoms with van der Waals surface area (Å²) in [4.78, 5) is 46.1.